The first-order valence-electron chi connectivity index (χ1n) is 16.1. The summed E-state index contributed by atoms with van der Waals surface area (Å²) in [5.41, 5.74) is -3.21. The Hall–Kier alpha value is -2.95. The van der Waals surface area contributed by atoms with Crippen LogP contribution >= 0.6 is 0 Å². The number of carboxylic acid groups (broad SMARTS) is 1. The molecule has 0 unspecified atom stereocenters. The van der Waals surface area contributed by atoms with E-state index in [4.69, 9.17) is 20.6 Å². The summed E-state index contributed by atoms with van der Waals surface area (Å²) in [7, 11) is 0. The number of aliphatic hydroxyl groups is 1. The molecule has 4 heteroatoms. The van der Waals surface area contributed by atoms with Crippen LogP contribution in [-0.4, -0.2) is 29.2 Å². The zero-order valence-electron chi connectivity index (χ0n) is 30.4. The second kappa shape index (κ2) is 10.0. The summed E-state index contributed by atoms with van der Waals surface area (Å²) in [6.45, 7) is -2.03. The van der Waals surface area contributed by atoms with E-state index in [1.165, 1.54) is 6.92 Å². The third-order valence-corrected chi connectivity index (χ3v) is 3.69. The normalized spacial score (nSPS) is 20.8. The minimum absolute atomic E-state index is 0.0578. The lowest BCUT2D eigenvalue weighted by molar-refractivity contribution is 0.0697. The lowest BCUT2D eigenvalue weighted by Crippen LogP contribution is -2.22. The molecule has 0 radical (unpaired) electrons. The van der Waals surface area contributed by atoms with Crippen molar-refractivity contribution in [3.8, 4) is 11.1 Å². The van der Waals surface area contributed by atoms with Gasteiger partial charge in [-0.15, -0.1) is 0 Å². The van der Waals surface area contributed by atoms with Gasteiger partial charge in [0.25, 0.3) is 0 Å². The molecule has 0 aliphatic heterocycles. The summed E-state index contributed by atoms with van der Waals surface area (Å²) < 4.78 is 123. The van der Waals surface area contributed by atoms with Crippen molar-refractivity contribution in [3.63, 3.8) is 0 Å². The first-order chi connectivity index (χ1) is 20.1. The molecular weight excluding hydrogens is 362 g/mol. The molecule has 3 N–H and O–H groups in total. The molecule has 0 aromatic heterocycles. The van der Waals surface area contributed by atoms with Crippen LogP contribution in [0.15, 0.2) is 72.5 Å². The van der Waals surface area contributed by atoms with Crippen molar-refractivity contribution in [1.29, 1.82) is 0 Å². The van der Waals surface area contributed by atoms with Crippen molar-refractivity contribution in [2.75, 3.05) is 13.0 Å². The van der Waals surface area contributed by atoms with Gasteiger partial charge in [-0.1, -0.05) is 66.0 Å². The maximum absolute atomic E-state index is 11.7. The Balaban J connectivity index is 2.01. The monoisotopic (exact) mass is 404 g/mol. The van der Waals surface area contributed by atoms with Crippen LogP contribution in [0, 0.1) is 6.92 Å². The maximum atomic E-state index is 11.7. The largest absolute Gasteiger partial charge is 0.478 e. The summed E-state index contributed by atoms with van der Waals surface area (Å²) in [4.78, 5) is 11.7. The highest BCUT2D eigenvalue weighted by molar-refractivity contribution is 5.89. The van der Waals surface area contributed by atoms with Crippen LogP contribution < -0.4 is 5.32 Å². The van der Waals surface area contributed by atoms with E-state index < -0.39 is 133 Å². The predicted molar refractivity (Wildman–Crippen MR) is 116 cm³/mol. The number of carbonyl (C=O) groups is 1. The SMILES string of the molecule is [2H]c1c([2H])c(CCC([2H])([2H])NC[C@]([2H])(O)c2c([2H])c([2H])c([2H])c(C)c2[2H])c([2H])c(-c2c([2H])c([2H])c([2H])c(C(=O)O)c2[2H])c1[2H]. The number of hydrogen-bond donors (Lipinski definition) is 3. The van der Waals surface area contributed by atoms with E-state index in [2.05, 4.69) is 5.32 Å². The highest BCUT2D eigenvalue weighted by Crippen LogP contribution is 2.22. The lowest BCUT2D eigenvalue weighted by atomic mass is 9.99. The third kappa shape index (κ3) is 6.01. The maximum Gasteiger partial charge on any atom is 0.335 e. The quantitative estimate of drug-likeness (QED) is 0.487. The number of nitrogens with one attached hydrogen (secondary N) is 1. The molecule has 1 atom stereocenters. The van der Waals surface area contributed by atoms with Gasteiger partial charge < -0.3 is 15.5 Å². The zero-order chi connectivity index (χ0) is 33.8. The van der Waals surface area contributed by atoms with Gasteiger partial charge in [0, 0.05) is 9.29 Å². The smallest absolute Gasteiger partial charge is 0.335 e. The Bertz CT molecular complexity index is 1660. The van der Waals surface area contributed by atoms with E-state index in [0.29, 0.717) is 0 Å². The molecule has 0 saturated heterocycles. The van der Waals surface area contributed by atoms with Crippen molar-refractivity contribution in [3.05, 3.63) is 94.8 Å². The summed E-state index contributed by atoms with van der Waals surface area (Å²) in [6.07, 6.45) is -3.81. The molecule has 3 aromatic rings. The van der Waals surface area contributed by atoms with Crippen LogP contribution in [-0.2, 0) is 6.42 Å². The van der Waals surface area contributed by atoms with Gasteiger partial charge in [-0.05, 0) is 60.6 Å². The van der Waals surface area contributed by atoms with Crippen molar-refractivity contribution in [2.45, 2.75) is 25.8 Å². The standard InChI is InChI=1S/C25H27NO3/c1-18-6-2-11-22(14-18)24(27)17-26-13-5-8-19-7-3-9-20(15-19)21-10-4-12-23(16-21)25(28)29/h2-4,6-7,9-12,14-16,24,26-27H,5,8,13,17H2,1H3,(H,28,29)/t24-/m0/s1/i2D,3D,4D,6D,7D,9D,10D,11D,12D,13D2,14D,15D,16D,24D. The van der Waals surface area contributed by atoms with Crippen LogP contribution in [0.2, 0.25) is 0 Å². The molecule has 29 heavy (non-hydrogen) atoms. The molecule has 4 nitrogen and oxygen atoms in total. The lowest BCUT2D eigenvalue weighted by Gasteiger charge is -2.13. The Kier molecular flexibility index (Phi) is 3.04. The fraction of sp³-hybridized carbons (Fsp3) is 0.240. The number of hydrogen-bond acceptors (Lipinski definition) is 3. The van der Waals surface area contributed by atoms with Crippen LogP contribution in [0.1, 0.15) is 60.1 Å². The van der Waals surface area contributed by atoms with Crippen molar-refractivity contribution in [1.82, 2.24) is 5.32 Å². The van der Waals surface area contributed by atoms with Gasteiger partial charge in [0.15, 0.2) is 0 Å². The molecular formula is C25H27NO3. The van der Waals surface area contributed by atoms with Gasteiger partial charge in [0.1, 0.15) is 0 Å². The molecule has 0 spiro atoms. The molecule has 0 fully saturated rings. The Labute approximate surface area is 192 Å². The van der Waals surface area contributed by atoms with E-state index in [1.807, 2.05) is 0 Å². The van der Waals surface area contributed by atoms with Gasteiger partial charge in [-0.25, -0.2) is 4.79 Å². The molecule has 3 rings (SSSR count). The summed E-state index contributed by atoms with van der Waals surface area (Å²) in [6, 6.07) is -8.82. The molecule has 0 bridgehead atoms. The fourth-order valence-electron chi connectivity index (χ4n) is 2.30. The summed E-state index contributed by atoms with van der Waals surface area (Å²) in [5.74, 6) is -1.76. The average molecular weight is 405 g/mol. The highest BCUT2D eigenvalue weighted by Gasteiger charge is 2.07. The first kappa shape index (κ1) is 8.82. The average Bonchev–Trinajstić information content (AvgIpc) is 2.93. The van der Waals surface area contributed by atoms with Gasteiger partial charge >= 0.3 is 5.97 Å². The van der Waals surface area contributed by atoms with Crippen LogP contribution in [0.4, 0.5) is 0 Å². The van der Waals surface area contributed by atoms with Crippen molar-refractivity contribution >= 4 is 5.97 Å². The Morgan fingerprint density at radius 2 is 1.83 bits per heavy atom. The zero-order valence-corrected chi connectivity index (χ0v) is 15.4. The molecule has 0 aliphatic rings. The highest BCUT2D eigenvalue weighted by atomic mass is 16.4. The van der Waals surface area contributed by atoms with E-state index in [-0.39, 0.29) is 11.1 Å². The van der Waals surface area contributed by atoms with Gasteiger partial charge in [0.05, 0.1) is 29.5 Å². The van der Waals surface area contributed by atoms with E-state index >= 15 is 0 Å². The molecule has 0 heterocycles. The topological polar surface area (TPSA) is 69.6 Å². The van der Waals surface area contributed by atoms with Crippen molar-refractivity contribution in [2.24, 2.45) is 0 Å². The van der Waals surface area contributed by atoms with Gasteiger partial charge in [-0.2, -0.15) is 0 Å². The number of rotatable bonds is 9. The van der Waals surface area contributed by atoms with Crippen LogP contribution in [0.25, 0.3) is 11.1 Å². The molecule has 0 saturated carbocycles. The summed E-state index contributed by atoms with van der Waals surface area (Å²) in [5, 5.41) is 22.5. The second-order valence-electron chi connectivity index (χ2n) is 5.89. The van der Waals surface area contributed by atoms with E-state index in [0.717, 1.165) is 0 Å². The van der Waals surface area contributed by atoms with Crippen molar-refractivity contribution < 1.29 is 35.6 Å². The Morgan fingerprint density at radius 1 is 1.10 bits per heavy atom. The van der Waals surface area contributed by atoms with Crippen LogP contribution in [0.3, 0.4) is 0 Å². The fourth-order valence-corrected chi connectivity index (χ4v) is 2.30. The minimum Gasteiger partial charge on any atom is -0.478 e. The molecule has 0 amide bonds. The molecule has 3 aromatic carbocycles. The van der Waals surface area contributed by atoms with Crippen LogP contribution in [0.5, 0.6) is 0 Å². The second-order valence-corrected chi connectivity index (χ2v) is 5.89. The molecule has 0 aliphatic carbocycles. The first-order valence-corrected chi connectivity index (χ1v) is 8.57. The van der Waals surface area contributed by atoms with Gasteiger partial charge in [-0.3, -0.25) is 0 Å². The number of benzene rings is 3. The third-order valence-electron chi connectivity index (χ3n) is 3.69. The van der Waals surface area contributed by atoms with E-state index in [9.17, 15) is 15.0 Å². The number of aromatic carboxylic acids is 1. The summed E-state index contributed by atoms with van der Waals surface area (Å²) >= 11 is 0. The van der Waals surface area contributed by atoms with Gasteiger partial charge in [0.2, 0.25) is 0 Å². The number of carboxylic acids is 1. The van der Waals surface area contributed by atoms with E-state index in [1.54, 1.807) is 0 Å². The predicted octanol–water partition coefficient (Wildman–Crippen LogP) is 4.62. The Morgan fingerprint density at radius 3 is 2.62 bits per heavy atom. The minimum atomic E-state index is -2.78. The molecule has 150 valence electrons.